The Kier molecular flexibility index (Phi) is 10.1. The van der Waals surface area contributed by atoms with Gasteiger partial charge in [0.1, 0.15) is 17.5 Å². The number of phenols is 1. The fourth-order valence-electron chi connectivity index (χ4n) is 5.03. The molecule has 42 heavy (non-hydrogen) atoms. The predicted octanol–water partition coefficient (Wildman–Crippen LogP) is 3.33. The van der Waals surface area contributed by atoms with Crippen molar-refractivity contribution >= 4 is 29.5 Å². The lowest BCUT2D eigenvalue weighted by Gasteiger charge is -2.31. The highest BCUT2D eigenvalue weighted by Gasteiger charge is 2.43. The molecule has 4 rings (SSSR count). The number of rotatable bonds is 10. The Morgan fingerprint density at radius 3 is 2.48 bits per heavy atom. The van der Waals surface area contributed by atoms with Crippen LogP contribution >= 0.6 is 11.8 Å². The number of nitrogens with one attached hydrogen (secondary N) is 2. The van der Waals surface area contributed by atoms with Gasteiger partial charge in [0.15, 0.2) is 6.10 Å². The van der Waals surface area contributed by atoms with Crippen molar-refractivity contribution in [1.82, 2.24) is 15.5 Å². The minimum Gasteiger partial charge on any atom is -0.507 e. The van der Waals surface area contributed by atoms with Gasteiger partial charge in [-0.1, -0.05) is 55.5 Å². The molecule has 1 heterocycles. The summed E-state index contributed by atoms with van der Waals surface area (Å²) in [6.07, 6.45) is -1.44. The summed E-state index contributed by atoms with van der Waals surface area (Å²) in [5.41, 5.74) is 2.95. The van der Waals surface area contributed by atoms with E-state index in [9.17, 15) is 24.6 Å². The van der Waals surface area contributed by atoms with Gasteiger partial charge in [0.05, 0.1) is 19.0 Å². The van der Waals surface area contributed by atoms with Crippen molar-refractivity contribution in [2.75, 3.05) is 13.0 Å². The maximum atomic E-state index is 13.8. The largest absolute Gasteiger partial charge is 0.507 e. The van der Waals surface area contributed by atoms with Crippen molar-refractivity contribution in [3.8, 4) is 11.5 Å². The summed E-state index contributed by atoms with van der Waals surface area (Å²) < 4.78 is 5.25. The summed E-state index contributed by atoms with van der Waals surface area (Å²) in [7, 11) is 1.57. The standard InChI is InChI=1S/C32H37N3O6S/c1-19-13-14-25(20(2)28(19)36)30(38)34-26(16-22-9-6-5-7-10-22)29(37)32(40)35-18-42-21(3)27(35)31(39)33-17-23-11-8-12-24(15-23)41-4/h5-15,21,26-27,29,36-37H,16-18H2,1-4H3,(H,33,39)(H,34,38)/t21?,26?,27-,29-/m0/s1. The molecule has 3 amide bonds. The van der Waals surface area contributed by atoms with Crippen LogP contribution in [0.2, 0.25) is 0 Å². The van der Waals surface area contributed by atoms with E-state index in [1.165, 1.54) is 16.7 Å². The number of aliphatic hydroxyl groups is 1. The SMILES string of the molecule is COc1cccc(CNC(=O)[C@@H]2C(C)SCN2C(=O)[C@@H](O)C(Cc2ccccc2)NC(=O)c2ccc(C)c(O)c2C)c1. The average molecular weight is 592 g/mol. The molecule has 0 aliphatic carbocycles. The number of aliphatic hydroxyl groups excluding tert-OH is 1. The van der Waals surface area contributed by atoms with E-state index in [0.29, 0.717) is 16.9 Å². The van der Waals surface area contributed by atoms with Crippen molar-refractivity contribution in [1.29, 1.82) is 0 Å². The lowest BCUT2D eigenvalue weighted by molar-refractivity contribution is -0.146. The summed E-state index contributed by atoms with van der Waals surface area (Å²) in [4.78, 5) is 41.8. The third kappa shape index (κ3) is 7.06. The number of hydrogen-bond acceptors (Lipinski definition) is 7. The van der Waals surface area contributed by atoms with Crippen LogP contribution in [0, 0.1) is 13.8 Å². The molecule has 0 aromatic heterocycles. The number of aryl methyl sites for hydroxylation is 1. The third-order valence-corrected chi connectivity index (χ3v) is 8.75. The number of nitrogens with zero attached hydrogens (tertiary/aromatic N) is 1. The van der Waals surface area contributed by atoms with Gasteiger partial charge in [0.25, 0.3) is 11.8 Å². The van der Waals surface area contributed by atoms with Crippen LogP contribution in [0.15, 0.2) is 66.7 Å². The van der Waals surface area contributed by atoms with Crippen molar-refractivity contribution in [2.45, 2.75) is 57.2 Å². The second-order valence-corrected chi connectivity index (χ2v) is 11.8. The van der Waals surface area contributed by atoms with Crippen molar-refractivity contribution in [3.63, 3.8) is 0 Å². The Hall–Kier alpha value is -4.02. The number of carbonyl (C=O) groups is 3. The van der Waals surface area contributed by atoms with Gasteiger partial charge < -0.3 is 30.5 Å². The Morgan fingerprint density at radius 1 is 1.05 bits per heavy atom. The molecule has 3 aromatic carbocycles. The fourth-order valence-corrected chi connectivity index (χ4v) is 6.17. The number of aromatic hydroxyl groups is 1. The summed E-state index contributed by atoms with van der Waals surface area (Å²) in [6, 6.07) is 18.0. The van der Waals surface area contributed by atoms with Crippen LogP contribution < -0.4 is 15.4 Å². The Labute approximate surface area is 250 Å². The first kappa shape index (κ1) is 30.9. The molecule has 1 aliphatic heterocycles. The molecule has 0 radical (unpaired) electrons. The van der Waals surface area contributed by atoms with Crippen LogP contribution in [-0.4, -0.2) is 69.3 Å². The molecule has 4 atom stereocenters. The first-order chi connectivity index (χ1) is 20.1. The van der Waals surface area contributed by atoms with Crippen molar-refractivity contribution in [2.24, 2.45) is 0 Å². The molecule has 9 nitrogen and oxygen atoms in total. The molecule has 2 unspecified atom stereocenters. The lowest BCUT2D eigenvalue weighted by atomic mass is 9.98. The van der Waals surface area contributed by atoms with Crippen LogP contribution in [0.4, 0.5) is 0 Å². The molecule has 1 aliphatic rings. The molecule has 0 spiro atoms. The third-order valence-electron chi connectivity index (χ3n) is 7.54. The van der Waals surface area contributed by atoms with Crippen molar-refractivity contribution in [3.05, 3.63) is 94.5 Å². The van der Waals surface area contributed by atoms with Gasteiger partial charge in [-0.15, -0.1) is 11.8 Å². The van der Waals surface area contributed by atoms with Crippen molar-refractivity contribution < 1.29 is 29.3 Å². The van der Waals surface area contributed by atoms with Gasteiger partial charge in [-0.05, 0) is 55.2 Å². The van der Waals surface area contributed by atoms with E-state index < -0.39 is 30.0 Å². The van der Waals surface area contributed by atoms with E-state index in [-0.39, 0.29) is 41.3 Å². The minimum atomic E-state index is -1.62. The van der Waals surface area contributed by atoms with E-state index in [2.05, 4.69) is 10.6 Å². The number of amides is 3. The maximum absolute atomic E-state index is 13.8. The number of benzene rings is 3. The van der Waals surface area contributed by atoms with Gasteiger partial charge in [-0.3, -0.25) is 14.4 Å². The lowest BCUT2D eigenvalue weighted by Crippen LogP contribution is -2.57. The molecule has 4 N–H and O–H groups in total. The summed E-state index contributed by atoms with van der Waals surface area (Å²) in [5.74, 6) is -0.569. The van der Waals surface area contributed by atoms with E-state index in [1.807, 2.05) is 61.5 Å². The number of ether oxygens (including phenoxy) is 1. The van der Waals surface area contributed by atoms with Crippen LogP contribution in [-0.2, 0) is 22.6 Å². The molecular weight excluding hydrogens is 554 g/mol. The molecule has 222 valence electrons. The predicted molar refractivity (Wildman–Crippen MR) is 162 cm³/mol. The molecule has 0 bridgehead atoms. The highest BCUT2D eigenvalue weighted by atomic mass is 32.2. The Balaban J connectivity index is 1.53. The summed E-state index contributed by atoms with van der Waals surface area (Å²) in [5, 5.41) is 27.3. The van der Waals surface area contributed by atoms with Gasteiger partial charge >= 0.3 is 0 Å². The number of carbonyl (C=O) groups excluding carboxylic acids is 3. The number of phenolic OH excluding ortho intramolecular Hbond substituents is 1. The van der Waals surface area contributed by atoms with E-state index in [0.717, 1.165) is 11.1 Å². The summed E-state index contributed by atoms with van der Waals surface area (Å²) >= 11 is 1.44. The Bertz CT molecular complexity index is 1430. The smallest absolute Gasteiger partial charge is 0.254 e. The second kappa shape index (κ2) is 13.8. The fraction of sp³-hybridized carbons (Fsp3) is 0.344. The van der Waals surface area contributed by atoms with E-state index >= 15 is 0 Å². The van der Waals surface area contributed by atoms with E-state index in [4.69, 9.17) is 4.74 Å². The quantitative estimate of drug-likeness (QED) is 0.285. The molecule has 3 aromatic rings. The second-order valence-electron chi connectivity index (χ2n) is 10.4. The van der Waals surface area contributed by atoms with Crippen LogP contribution in [0.5, 0.6) is 11.5 Å². The zero-order chi connectivity index (χ0) is 30.4. The highest BCUT2D eigenvalue weighted by Crippen LogP contribution is 2.30. The van der Waals surface area contributed by atoms with Gasteiger partial charge in [-0.25, -0.2) is 0 Å². The zero-order valence-corrected chi connectivity index (χ0v) is 25.0. The molecule has 10 heteroatoms. The van der Waals surface area contributed by atoms with Crippen LogP contribution in [0.3, 0.4) is 0 Å². The summed E-state index contributed by atoms with van der Waals surface area (Å²) in [6.45, 7) is 5.51. The molecule has 0 saturated carbocycles. The normalized spacial score (nSPS) is 17.8. The monoisotopic (exact) mass is 591 g/mol. The molecule has 1 fully saturated rings. The highest BCUT2D eigenvalue weighted by molar-refractivity contribution is 8.00. The number of methoxy groups -OCH3 is 1. The van der Waals surface area contributed by atoms with E-state index in [1.54, 1.807) is 33.1 Å². The number of hydrogen-bond donors (Lipinski definition) is 4. The minimum absolute atomic E-state index is 0.0183. The van der Waals surface area contributed by atoms with Gasteiger partial charge in [0.2, 0.25) is 5.91 Å². The van der Waals surface area contributed by atoms with Crippen LogP contribution in [0.1, 0.15) is 39.5 Å². The van der Waals surface area contributed by atoms with Crippen LogP contribution in [0.25, 0.3) is 0 Å². The van der Waals surface area contributed by atoms with Gasteiger partial charge in [0, 0.05) is 22.9 Å². The molecular formula is C32H37N3O6S. The average Bonchev–Trinajstić information content (AvgIpc) is 3.39. The maximum Gasteiger partial charge on any atom is 0.254 e. The number of thioether (sulfide) groups is 1. The Morgan fingerprint density at radius 2 is 1.76 bits per heavy atom. The topological polar surface area (TPSA) is 128 Å². The first-order valence-corrected chi connectivity index (χ1v) is 14.8. The zero-order valence-electron chi connectivity index (χ0n) is 24.2. The molecule has 1 saturated heterocycles. The first-order valence-electron chi connectivity index (χ1n) is 13.8. The van der Waals surface area contributed by atoms with Gasteiger partial charge in [-0.2, -0.15) is 0 Å².